The van der Waals surface area contributed by atoms with E-state index in [-0.39, 0.29) is 0 Å². The Morgan fingerprint density at radius 2 is 2.11 bits per heavy atom. The highest BCUT2D eigenvalue weighted by Gasteiger charge is 2.39. The van der Waals surface area contributed by atoms with Crippen LogP contribution < -0.4 is 5.32 Å². The fourth-order valence-electron chi connectivity index (χ4n) is 3.75. The standard InChI is InChI=1S/C14H17BrN4/c15-12-2-1-5-19-14(12)17-13(18-19)6-11-9-3-4-10(11)8-16-7-9/h1-2,5,9-11,16H,3-4,6-8H2/t9-,10+,11?. The lowest BCUT2D eigenvalue weighted by Gasteiger charge is -2.29. The number of pyridine rings is 1. The summed E-state index contributed by atoms with van der Waals surface area (Å²) in [6.07, 6.45) is 5.75. The first-order valence-electron chi connectivity index (χ1n) is 7.02. The molecule has 4 nitrogen and oxygen atoms in total. The number of hydrogen-bond acceptors (Lipinski definition) is 3. The minimum absolute atomic E-state index is 0.775. The van der Waals surface area contributed by atoms with Gasteiger partial charge in [0.1, 0.15) is 0 Å². The highest BCUT2D eigenvalue weighted by molar-refractivity contribution is 9.10. The monoisotopic (exact) mass is 320 g/mol. The van der Waals surface area contributed by atoms with E-state index in [0.717, 1.165) is 40.1 Å². The molecule has 0 spiro atoms. The fraction of sp³-hybridized carbons (Fsp3) is 0.571. The van der Waals surface area contributed by atoms with Gasteiger partial charge in [0.15, 0.2) is 11.5 Å². The Bertz CT molecular complexity index is 593. The number of fused-ring (bicyclic) bond motifs is 3. The van der Waals surface area contributed by atoms with E-state index in [1.54, 1.807) is 0 Å². The van der Waals surface area contributed by atoms with Gasteiger partial charge in [-0.1, -0.05) is 0 Å². The van der Waals surface area contributed by atoms with Gasteiger partial charge in [-0.3, -0.25) is 0 Å². The first-order chi connectivity index (χ1) is 9.31. The number of hydrogen-bond donors (Lipinski definition) is 1. The Hall–Kier alpha value is -0.940. The molecule has 1 N–H and O–H groups in total. The van der Waals surface area contributed by atoms with Crippen LogP contribution in [-0.2, 0) is 6.42 Å². The normalized spacial score (nSPS) is 30.1. The van der Waals surface area contributed by atoms with E-state index in [1.165, 1.54) is 25.9 Å². The zero-order valence-corrected chi connectivity index (χ0v) is 12.3. The van der Waals surface area contributed by atoms with Crippen LogP contribution in [0.15, 0.2) is 22.8 Å². The molecule has 5 heteroatoms. The van der Waals surface area contributed by atoms with Gasteiger partial charge in [-0.25, -0.2) is 9.50 Å². The van der Waals surface area contributed by atoms with E-state index < -0.39 is 0 Å². The van der Waals surface area contributed by atoms with Crippen LogP contribution in [0.1, 0.15) is 18.7 Å². The number of halogens is 1. The third-order valence-electron chi connectivity index (χ3n) is 4.71. The number of piperidine rings is 1. The molecule has 2 aromatic rings. The van der Waals surface area contributed by atoms with E-state index in [9.17, 15) is 0 Å². The predicted octanol–water partition coefficient (Wildman–Crippen LogP) is 2.28. The van der Waals surface area contributed by atoms with Crippen LogP contribution >= 0.6 is 15.9 Å². The lowest BCUT2D eigenvalue weighted by atomic mass is 9.83. The minimum atomic E-state index is 0.775. The van der Waals surface area contributed by atoms with E-state index in [1.807, 2.05) is 22.8 Å². The summed E-state index contributed by atoms with van der Waals surface area (Å²) in [4.78, 5) is 4.69. The summed E-state index contributed by atoms with van der Waals surface area (Å²) in [5.41, 5.74) is 0.929. The van der Waals surface area contributed by atoms with Crippen LogP contribution in [0, 0.1) is 17.8 Å². The molecule has 3 heterocycles. The number of nitrogens with zero attached hydrogens (tertiary/aromatic N) is 3. The Labute approximate surface area is 120 Å². The number of rotatable bonds is 2. The van der Waals surface area contributed by atoms with Gasteiger partial charge in [-0.2, -0.15) is 5.10 Å². The predicted molar refractivity (Wildman–Crippen MR) is 77.0 cm³/mol. The van der Waals surface area contributed by atoms with Crippen LogP contribution in [0.3, 0.4) is 0 Å². The Morgan fingerprint density at radius 1 is 1.32 bits per heavy atom. The van der Waals surface area contributed by atoms with Gasteiger partial charge in [0.25, 0.3) is 0 Å². The Morgan fingerprint density at radius 3 is 2.84 bits per heavy atom. The second kappa shape index (κ2) is 4.56. The molecule has 1 saturated carbocycles. The molecule has 2 aliphatic rings. The molecule has 0 aromatic carbocycles. The van der Waals surface area contributed by atoms with Gasteiger partial charge in [0.2, 0.25) is 0 Å². The first-order valence-corrected chi connectivity index (χ1v) is 7.81. The third-order valence-corrected chi connectivity index (χ3v) is 5.33. The van der Waals surface area contributed by atoms with E-state index in [0.29, 0.717) is 0 Å². The van der Waals surface area contributed by atoms with Crippen molar-refractivity contribution in [2.24, 2.45) is 17.8 Å². The van der Waals surface area contributed by atoms with Gasteiger partial charge >= 0.3 is 0 Å². The van der Waals surface area contributed by atoms with Crippen molar-refractivity contribution >= 4 is 21.6 Å². The molecular formula is C14H17BrN4. The lowest BCUT2D eigenvalue weighted by Crippen LogP contribution is -2.39. The molecule has 1 aliphatic heterocycles. The second-order valence-corrected chi connectivity index (χ2v) is 6.63. The Kier molecular flexibility index (Phi) is 2.84. The number of aromatic nitrogens is 3. The number of nitrogens with one attached hydrogen (secondary N) is 1. The average molecular weight is 321 g/mol. The van der Waals surface area contributed by atoms with Crippen molar-refractivity contribution in [1.82, 2.24) is 19.9 Å². The van der Waals surface area contributed by atoms with Crippen molar-refractivity contribution in [1.29, 1.82) is 0 Å². The van der Waals surface area contributed by atoms with Gasteiger partial charge in [0.05, 0.1) is 4.47 Å². The molecule has 4 rings (SSSR count). The second-order valence-electron chi connectivity index (χ2n) is 5.78. The van der Waals surface area contributed by atoms with E-state index >= 15 is 0 Å². The zero-order chi connectivity index (χ0) is 12.8. The van der Waals surface area contributed by atoms with Crippen molar-refractivity contribution in [3.8, 4) is 0 Å². The van der Waals surface area contributed by atoms with Crippen molar-refractivity contribution in [2.75, 3.05) is 13.1 Å². The summed E-state index contributed by atoms with van der Waals surface area (Å²) in [7, 11) is 0. The zero-order valence-electron chi connectivity index (χ0n) is 10.7. The summed E-state index contributed by atoms with van der Waals surface area (Å²) in [5.74, 6) is 3.43. The summed E-state index contributed by atoms with van der Waals surface area (Å²) in [5, 5.41) is 8.16. The van der Waals surface area contributed by atoms with Crippen molar-refractivity contribution in [3.63, 3.8) is 0 Å². The van der Waals surface area contributed by atoms with Crippen molar-refractivity contribution < 1.29 is 0 Å². The van der Waals surface area contributed by atoms with Gasteiger partial charge in [0, 0.05) is 12.6 Å². The van der Waals surface area contributed by atoms with Gasteiger partial charge in [-0.15, -0.1) is 0 Å². The minimum Gasteiger partial charge on any atom is -0.316 e. The fourth-order valence-corrected chi connectivity index (χ4v) is 4.17. The maximum absolute atomic E-state index is 4.69. The van der Waals surface area contributed by atoms with Crippen LogP contribution in [0.4, 0.5) is 0 Å². The molecule has 2 aromatic heterocycles. The van der Waals surface area contributed by atoms with Crippen LogP contribution in [0.25, 0.3) is 5.65 Å². The van der Waals surface area contributed by atoms with E-state index in [2.05, 4.69) is 31.3 Å². The summed E-state index contributed by atoms with van der Waals surface area (Å²) < 4.78 is 2.89. The molecule has 19 heavy (non-hydrogen) atoms. The summed E-state index contributed by atoms with van der Waals surface area (Å²) >= 11 is 3.54. The molecule has 2 bridgehead atoms. The SMILES string of the molecule is Brc1cccn2nc(CC3[C@@H]4CC[C@H]3CNC4)nc12. The average Bonchev–Trinajstić information content (AvgIpc) is 2.89. The molecule has 2 fully saturated rings. The maximum Gasteiger partial charge on any atom is 0.169 e. The smallest absolute Gasteiger partial charge is 0.169 e. The van der Waals surface area contributed by atoms with Crippen molar-refractivity contribution in [3.05, 3.63) is 28.6 Å². The lowest BCUT2D eigenvalue weighted by molar-refractivity contribution is 0.241. The molecule has 0 radical (unpaired) electrons. The Balaban J connectivity index is 1.63. The van der Waals surface area contributed by atoms with Crippen molar-refractivity contribution in [2.45, 2.75) is 19.3 Å². The molecular weight excluding hydrogens is 304 g/mol. The first kappa shape index (κ1) is 11.9. The molecule has 0 amide bonds. The molecule has 1 saturated heterocycles. The van der Waals surface area contributed by atoms with E-state index in [4.69, 9.17) is 0 Å². The molecule has 100 valence electrons. The van der Waals surface area contributed by atoms with Crippen LogP contribution in [-0.4, -0.2) is 27.7 Å². The maximum atomic E-state index is 4.69. The van der Waals surface area contributed by atoms with Crippen LogP contribution in [0.5, 0.6) is 0 Å². The highest BCUT2D eigenvalue weighted by Crippen LogP contribution is 2.40. The third kappa shape index (κ3) is 1.99. The topological polar surface area (TPSA) is 42.2 Å². The quantitative estimate of drug-likeness (QED) is 0.923. The van der Waals surface area contributed by atoms with Gasteiger partial charge in [-0.05, 0) is 71.7 Å². The van der Waals surface area contributed by atoms with Crippen LogP contribution in [0.2, 0.25) is 0 Å². The molecule has 1 aliphatic carbocycles. The summed E-state index contributed by atoms with van der Waals surface area (Å²) in [6.45, 7) is 2.36. The highest BCUT2D eigenvalue weighted by atomic mass is 79.9. The van der Waals surface area contributed by atoms with Gasteiger partial charge < -0.3 is 5.32 Å². The molecule has 3 atom stereocenters. The largest absolute Gasteiger partial charge is 0.316 e. The molecule has 1 unspecified atom stereocenters. The summed E-state index contributed by atoms with van der Waals surface area (Å²) in [6, 6.07) is 4.01.